The third-order valence-electron chi connectivity index (χ3n) is 4.05. The van der Waals surface area contributed by atoms with E-state index in [0.29, 0.717) is 12.1 Å². The molecule has 6 heteroatoms. The Morgan fingerprint density at radius 2 is 1.75 bits per heavy atom. The Bertz CT molecular complexity index is 778. The summed E-state index contributed by atoms with van der Waals surface area (Å²) < 4.78 is 45.8. The normalized spacial score (nSPS) is 22.4. The van der Waals surface area contributed by atoms with Gasteiger partial charge in [-0.15, -0.1) is 0 Å². The van der Waals surface area contributed by atoms with Gasteiger partial charge < -0.3 is 4.74 Å². The van der Waals surface area contributed by atoms with Crippen LogP contribution in [0.15, 0.2) is 54.6 Å². The van der Waals surface area contributed by atoms with Gasteiger partial charge in [0.05, 0.1) is 18.0 Å². The predicted molar refractivity (Wildman–Crippen MR) is 90.3 cm³/mol. The smallest absolute Gasteiger partial charge is 0.218 e. The number of nitrogens with zero attached hydrogens (tertiary/aromatic N) is 1. The van der Waals surface area contributed by atoms with Gasteiger partial charge in [-0.05, 0) is 30.2 Å². The maximum Gasteiger partial charge on any atom is 0.218 e. The highest BCUT2D eigenvalue weighted by atomic mass is 32.2. The highest BCUT2D eigenvalue weighted by Crippen LogP contribution is 2.27. The van der Waals surface area contributed by atoms with Crippen molar-refractivity contribution in [3.05, 3.63) is 71.5 Å². The molecule has 1 aliphatic rings. The van der Waals surface area contributed by atoms with E-state index >= 15 is 0 Å². The number of hydrogen-bond acceptors (Lipinski definition) is 3. The van der Waals surface area contributed by atoms with E-state index in [9.17, 15) is 12.8 Å². The van der Waals surface area contributed by atoms with Gasteiger partial charge in [0, 0.05) is 13.1 Å². The monoisotopic (exact) mass is 349 g/mol. The minimum Gasteiger partial charge on any atom is -0.368 e. The van der Waals surface area contributed by atoms with Gasteiger partial charge in [0.1, 0.15) is 5.82 Å². The van der Waals surface area contributed by atoms with Gasteiger partial charge in [0.15, 0.2) is 0 Å². The molecule has 24 heavy (non-hydrogen) atoms. The Balaban J connectivity index is 1.78. The van der Waals surface area contributed by atoms with Gasteiger partial charge >= 0.3 is 0 Å². The molecule has 4 nitrogen and oxygen atoms in total. The van der Waals surface area contributed by atoms with Crippen molar-refractivity contribution in [3.8, 4) is 0 Å². The highest BCUT2D eigenvalue weighted by molar-refractivity contribution is 7.88. The maximum atomic E-state index is 13.0. The summed E-state index contributed by atoms with van der Waals surface area (Å²) in [5.74, 6) is -0.512. The van der Waals surface area contributed by atoms with Crippen molar-refractivity contribution in [2.75, 3.05) is 13.1 Å². The molecule has 0 aliphatic carbocycles. The fourth-order valence-corrected chi connectivity index (χ4v) is 4.47. The van der Waals surface area contributed by atoms with Crippen LogP contribution in [-0.4, -0.2) is 31.9 Å². The molecule has 0 N–H and O–H groups in total. The molecule has 0 amide bonds. The molecule has 2 atom stereocenters. The van der Waals surface area contributed by atoms with E-state index in [4.69, 9.17) is 4.74 Å². The number of ether oxygens (including phenoxy) is 1. The van der Waals surface area contributed by atoms with Crippen molar-refractivity contribution in [1.29, 1.82) is 0 Å². The summed E-state index contributed by atoms with van der Waals surface area (Å²) in [5, 5.41) is 0. The van der Waals surface area contributed by atoms with Crippen molar-refractivity contribution in [1.82, 2.24) is 4.31 Å². The summed E-state index contributed by atoms with van der Waals surface area (Å²) in [5.41, 5.74) is 1.54. The van der Waals surface area contributed by atoms with Crippen LogP contribution in [0.2, 0.25) is 0 Å². The molecule has 0 aromatic heterocycles. The number of benzene rings is 2. The first-order chi connectivity index (χ1) is 11.4. The van der Waals surface area contributed by atoms with E-state index in [0.717, 1.165) is 5.56 Å². The van der Waals surface area contributed by atoms with Crippen molar-refractivity contribution in [3.63, 3.8) is 0 Å². The largest absolute Gasteiger partial charge is 0.368 e. The lowest BCUT2D eigenvalue weighted by atomic mass is 10.1. The molecule has 128 valence electrons. The first-order valence-corrected chi connectivity index (χ1v) is 9.47. The number of hydrogen-bond donors (Lipinski definition) is 0. The number of morpholine rings is 1. The van der Waals surface area contributed by atoms with Crippen LogP contribution in [0.25, 0.3) is 0 Å². The number of rotatable bonds is 4. The summed E-state index contributed by atoms with van der Waals surface area (Å²) in [6.45, 7) is 2.49. The summed E-state index contributed by atoms with van der Waals surface area (Å²) in [6.07, 6.45) is -0.468. The average molecular weight is 349 g/mol. The molecule has 0 saturated carbocycles. The molecule has 0 spiro atoms. The van der Waals surface area contributed by atoms with E-state index in [1.54, 1.807) is 0 Å². The lowest BCUT2D eigenvalue weighted by Crippen LogP contribution is -2.46. The van der Waals surface area contributed by atoms with Gasteiger partial charge in [-0.2, -0.15) is 4.31 Å². The lowest BCUT2D eigenvalue weighted by Gasteiger charge is -2.36. The molecule has 1 saturated heterocycles. The zero-order valence-corrected chi connectivity index (χ0v) is 14.2. The molecule has 1 heterocycles. The number of sulfonamides is 1. The molecular formula is C18H20FNO3S. The Morgan fingerprint density at radius 1 is 1.08 bits per heavy atom. The molecule has 0 bridgehead atoms. The zero-order chi connectivity index (χ0) is 17.2. The van der Waals surface area contributed by atoms with E-state index in [1.807, 2.05) is 37.3 Å². The van der Waals surface area contributed by atoms with Gasteiger partial charge in [-0.3, -0.25) is 0 Å². The fraction of sp³-hybridized carbons (Fsp3) is 0.333. The number of halogens is 1. The van der Waals surface area contributed by atoms with Crippen LogP contribution in [0, 0.1) is 5.82 Å². The maximum absolute atomic E-state index is 13.0. The quantitative estimate of drug-likeness (QED) is 0.852. The highest BCUT2D eigenvalue weighted by Gasteiger charge is 2.33. The molecule has 3 rings (SSSR count). The molecule has 1 fully saturated rings. The average Bonchev–Trinajstić information content (AvgIpc) is 2.57. The minimum absolute atomic E-state index is 0.137. The van der Waals surface area contributed by atoms with Crippen molar-refractivity contribution < 1.29 is 17.5 Å². The first-order valence-electron chi connectivity index (χ1n) is 7.87. The van der Waals surface area contributed by atoms with E-state index in [2.05, 4.69) is 0 Å². The van der Waals surface area contributed by atoms with E-state index < -0.39 is 10.0 Å². The SMILES string of the molecule is CC1CN(S(=O)(=O)Cc2ccc(F)cc2)CC(c2ccccc2)O1. The standard InChI is InChI=1S/C18H20FNO3S/c1-14-11-20(12-18(23-14)16-5-3-2-4-6-16)24(21,22)13-15-7-9-17(19)10-8-15/h2-10,14,18H,11-13H2,1H3. The van der Waals surface area contributed by atoms with Crippen molar-refractivity contribution >= 4 is 10.0 Å². The third kappa shape index (κ3) is 4.01. The van der Waals surface area contributed by atoms with Crippen LogP contribution in [0.5, 0.6) is 0 Å². The van der Waals surface area contributed by atoms with Crippen LogP contribution in [0.3, 0.4) is 0 Å². The van der Waals surface area contributed by atoms with Gasteiger partial charge in [0.2, 0.25) is 10.0 Å². The molecule has 2 aromatic carbocycles. The summed E-state index contributed by atoms with van der Waals surface area (Å²) >= 11 is 0. The van der Waals surface area contributed by atoms with Gasteiger partial charge in [-0.25, -0.2) is 12.8 Å². The minimum atomic E-state index is -3.49. The second-order valence-corrected chi connectivity index (χ2v) is 8.01. The van der Waals surface area contributed by atoms with Crippen molar-refractivity contribution in [2.45, 2.75) is 24.9 Å². The molecule has 2 unspecified atom stereocenters. The Hall–Kier alpha value is -1.76. The predicted octanol–water partition coefficient (Wildman–Crippen LogP) is 3.12. The summed E-state index contributed by atoms with van der Waals surface area (Å²) in [4.78, 5) is 0. The molecule has 0 radical (unpaired) electrons. The summed E-state index contributed by atoms with van der Waals surface area (Å²) in [6, 6.07) is 15.2. The molecule has 1 aliphatic heterocycles. The first kappa shape index (κ1) is 17.1. The fourth-order valence-electron chi connectivity index (χ4n) is 2.87. The van der Waals surface area contributed by atoms with E-state index in [1.165, 1.54) is 28.6 Å². The summed E-state index contributed by atoms with van der Waals surface area (Å²) in [7, 11) is -3.49. The molecule has 2 aromatic rings. The topological polar surface area (TPSA) is 46.6 Å². The molecular weight excluding hydrogens is 329 g/mol. The van der Waals surface area contributed by atoms with E-state index in [-0.39, 0.29) is 30.3 Å². The lowest BCUT2D eigenvalue weighted by molar-refractivity contribution is -0.0557. The van der Waals surface area contributed by atoms with Gasteiger partial charge in [-0.1, -0.05) is 42.5 Å². The second kappa shape index (κ2) is 7.01. The van der Waals surface area contributed by atoms with Crippen molar-refractivity contribution in [2.24, 2.45) is 0 Å². The third-order valence-corrected chi connectivity index (χ3v) is 5.84. The van der Waals surface area contributed by atoms with Crippen LogP contribution in [0.4, 0.5) is 4.39 Å². The van der Waals surface area contributed by atoms with Gasteiger partial charge in [0.25, 0.3) is 0 Å². The van der Waals surface area contributed by atoms with Crippen LogP contribution in [-0.2, 0) is 20.5 Å². The van der Waals surface area contributed by atoms with Crippen LogP contribution >= 0.6 is 0 Å². The second-order valence-electron chi connectivity index (χ2n) is 6.05. The zero-order valence-electron chi connectivity index (χ0n) is 13.4. The Morgan fingerprint density at radius 3 is 2.42 bits per heavy atom. The Labute approximate surface area is 141 Å². The van der Waals surface area contributed by atoms with Crippen LogP contribution < -0.4 is 0 Å². The van der Waals surface area contributed by atoms with Crippen LogP contribution in [0.1, 0.15) is 24.2 Å². The Kier molecular flexibility index (Phi) is 4.99.